The molecule has 24 heavy (non-hydrogen) atoms. The molecule has 0 fully saturated rings. The van der Waals surface area contributed by atoms with Gasteiger partial charge in [0.05, 0.1) is 9.79 Å². The number of benzene rings is 1. The van der Waals surface area contributed by atoms with E-state index < -0.39 is 49.6 Å². The Kier molecular flexibility index (Phi) is 6.42. The third-order valence-electron chi connectivity index (χ3n) is 3.10. The third-order valence-corrected chi connectivity index (χ3v) is 6.36. The first kappa shape index (κ1) is 20.0. The number of nitrogens with two attached hydrogens (primary N) is 1. The highest BCUT2D eigenvalue weighted by Gasteiger charge is 2.34. The Morgan fingerprint density at radius 3 is 2.08 bits per heavy atom. The van der Waals surface area contributed by atoms with Crippen molar-refractivity contribution < 1.29 is 36.5 Å². The normalized spacial score (nSPS) is 13.1. The second-order valence-corrected chi connectivity index (χ2v) is 8.93. The summed E-state index contributed by atoms with van der Waals surface area (Å²) < 4.78 is 47.7. The molecule has 1 aromatic carbocycles. The van der Waals surface area contributed by atoms with Crippen LogP contribution in [-0.4, -0.2) is 45.4 Å². The number of hydrogen-bond donors (Lipinski definition) is 3. The molecule has 1 unspecified atom stereocenters. The van der Waals surface area contributed by atoms with Crippen LogP contribution in [0.2, 0.25) is 0 Å². The van der Waals surface area contributed by atoms with Crippen LogP contribution < -0.4 is 11.4 Å². The molecule has 0 saturated heterocycles. The van der Waals surface area contributed by atoms with E-state index in [4.69, 9.17) is 5.21 Å². The van der Waals surface area contributed by atoms with Crippen LogP contribution in [0.1, 0.15) is 12.8 Å². The van der Waals surface area contributed by atoms with E-state index in [0.717, 1.165) is 30.5 Å². The van der Waals surface area contributed by atoms with Gasteiger partial charge >= 0.3 is 5.97 Å². The first-order valence-corrected chi connectivity index (χ1v) is 9.85. The summed E-state index contributed by atoms with van der Waals surface area (Å²) in [6.45, 7) is 0. The topological polar surface area (TPSA) is 170 Å². The molecule has 1 amide bonds. The fourth-order valence-electron chi connectivity index (χ4n) is 1.85. The number of carbonyl (C=O) groups excluding carboxylic acids is 2. The van der Waals surface area contributed by atoms with E-state index in [2.05, 4.69) is 10.7 Å². The van der Waals surface area contributed by atoms with Crippen LogP contribution in [0.25, 0.3) is 0 Å². The molecule has 1 rings (SSSR count). The zero-order valence-electron chi connectivity index (χ0n) is 12.5. The standard InChI is InChI=1S/C12H16N2O8S2/c1-23(18,19)8-2-4-9(5-3-8)24(20,21)10(12(16)14-17)6-7-11(15)22-13/h2-5,10,17H,6-7,13H2,1H3,(H,14,16). The van der Waals surface area contributed by atoms with Gasteiger partial charge in [0.15, 0.2) is 19.7 Å². The maximum Gasteiger partial charge on any atom is 0.324 e. The van der Waals surface area contributed by atoms with Crippen molar-refractivity contribution in [3.8, 4) is 0 Å². The van der Waals surface area contributed by atoms with Crippen molar-refractivity contribution in [2.45, 2.75) is 27.9 Å². The van der Waals surface area contributed by atoms with Crippen LogP contribution in [0.5, 0.6) is 0 Å². The monoisotopic (exact) mass is 380 g/mol. The molecule has 134 valence electrons. The van der Waals surface area contributed by atoms with Gasteiger partial charge in [-0.3, -0.25) is 14.8 Å². The Bertz CT molecular complexity index is 815. The number of hydrogen-bond acceptors (Lipinski definition) is 9. The van der Waals surface area contributed by atoms with E-state index in [1.807, 2.05) is 0 Å². The van der Waals surface area contributed by atoms with Crippen molar-refractivity contribution in [2.75, 3.05) is 6.26 Å². The lowest BCUT2D eigenvalue weighted by molar-refractivity contribution is -0.144. The first-order valence-electron chi connectivity index (χ1n) is 6.41. The van der Waals surface area contributed by atoms with Gasteiger partial charge in [0.2, 0.25) is 0 Å². The fraction of sp³-hybridized carbons (Fsp3) is 0.333. The zero-order chi connectivity index (χ0) is 18.5. The number of amides is 1. The highest BCUT2D eigenvalue weighted by molar-refractivity contribution is 7.93. The predicted molar refractivity (Wildman–Crippen MR) is 80.0 cm³/mol. The molecule has 0 aliphatic carbocycles. The molecular weight excluding hydrogens is 364 g/mol. The second-order valence-electron chi connectivity index (χ2n) is 4.78. The highest BCUT2D eigenvalue weighted by atomic mass is 32.2. The molecule has 12 heteroatoms. The lowest BCUT2D eigenvalue weighted by Gasteiger charge is -2.15. The summed E-state index contributed by atoms with van der Waals surface area (Å²) in [7, 11) is -7.81. The van der Waals surface area contributed by atoms with E-state index in [1.54, 1.807) is 0 Å². The summed E-state index contributed by atoms with van der Waals surface area (Å²) in [6, 6.07) is 4.18. The molecule has 4 N–H and O–H groups in total. The first-order chi connectivity index (χ1) is 11.0. The van der Waals surface area contributed by atoms with E-state index in [0.29, 0.717) is 0 Å². The smallest absolute Gasteiger partial charge is 0.324 e. The molecule has 0 aliphatic rings. The van der Waals surface area contributed by atoms with E-state index in [1.165, 1.54) is 5.48 Å². The molecule has 1 atom stereocenters. The number of hydroxylamine groups is 1. The van der Waals surface area contributed by atoms with Gasteiger partial charge in [0.1, 0.15) is 5.25 Å². The van der Waals surface area contributed by atoms with Crippen LogP contribution in [0, 0.1) is 0 Å². The Labute approximate surface area is 138 Å². The summed E-state index contributed by atoms with van der Waals surface area (Å²) in [5.74, 6) is 2.46. The number of carbonyl (C=O) groups is 2. The average Bonchev–Trinajstić information content (AvgIpc) is 2.53. The van der Waals surface area contributed by atoms with Crippen LogP contribution >= 0.6 is 0 Å². The molecule has 0 aromatic heterocycles. The minimum Gasteiger partial charge on any atom is -0.373 e. The van der Waals surface area contributed by atoms with Crippen LogP contribution in [-0.2, 0) is 34.1 Å². The molecule has 0 bridgehead atoms. The van der Waals surface area contributed by atoms with Crippen molar-refractivity contribution in [2.24, 2.45) is 5.90 Å². The zero-order valence-corrected chi connectivity index (χ0v) is 14.1. The van der Waals surface area contributed by atoms with Crippen molar-refractivity contribution in [3.05, 3.63) is 24.3 Å². The van der Waals surface area contributed by atoms with Gasteiger partial charge in [-0.1, -0.05) is 0 Å². The molecular formula is C12H16N2O8S2. The summed E-state index contributed by atoms with van der Waals surface area (Å²) in [5, 5.41) is 6.92. The lowest BCUT2D eigenvalue weighted by atomic mass is 10.2. The van der Waals surface area contributed by atoms with Crippen LogP contribution in [0.15, 0.2) is 34.1 Å². The third kappa shape index (κ3) is 4.74. The Morgan fingerprint density at radius 1 is 1.17 bits per heavy atom. The Hall–Kier alpha value is -2.02. The molecule has 0 radical (unpaired) electrons. The van der Waals surface area contributed by atoms with Gasteiger partial charge in [0, 0.05) is 12.7 Å². The quantitative estimate of drug-likeness (QED) is 0.394. The summed E-state index contributed by atoms with van der Waals surface area (Å²) in [5.41, 5.74) is 1.22. The highest BCUT2D eigenvalue weighted by Crippen LogP contribution is 2.22. The van der Waals surface area contributed by atoms with Gasteiger partial charge in [-0.2, -0.15) is 5.90 Å². The predicted octanol–water partition coefficient (Wildman–Crippen LogP) is -1.07. The molecule has 1 aromatic rings. The van der Waals surface area contributed by atoms with Crippen LogP contribution in [0.3, 0.4) is 0 Å². The second kappa shape index (κ2) is 7.70. The number of nitrogens with one attached hydrogen (secondary N) is 1. The molecule has 0 saturated carbocycles. The lowest BCUT2D eigenvalue weighted by Crippen LogP contribution is -2.39. The Balaban J connectivity index is 3.20. The summed E-state index contributed by atoms with van der Waals surface area (Å²) in [4.78, 5) is 26.1. The van der Waals surface area contributed by atoms with Gasteiger partial charge in [-0.05, 0) is 30.7 Å². The minimum absolute atomic E-state index is 0.101. The van der Waals surface area contributed by atoms with Gasteiger partial charge < -0.3 is 4.84 Å². The summed E-state index contributed by atoms with van der Waals surface area (Å²) in [6.07, 6.45) is -0.00915. The van der Waals surface area contributed by atoms with Gasteiger partial charge in [-0.15, -0.1) is 0 Å². The number of rotatable bonds is 7. The maximum absolute atomic E-state index is 12.5. The molecule has 0 heterocycles. The Morgan fingerprint density at radius 2 is 1.67 bits per heavy atom. The van der Waals surface area contributed by atoms with Crippen molar-refractivity contribution in [1.82, 2.24) is 5.48 Å². The van der Waals surface area contributed by atoms with Crippen molar-refractivity contribution >= 4 is 31.6 Å². The van der Waals surface area contributed by atoms with E-state index in [9.17, 15) is 26.4 Å². The van der Waals surface area contributed by atoms with Gasteiger partial charge in [-0.25, -0.2) is 22.3 Å². The fourth-order valence-corrected chi connectivity index (χ4v) is 4.08. The average molecular weight is 380 g/mol. The maximum atomic E-state index is 12.5. The molecule has 10 nitrogen and oxygen atoms in total. The molecule has 0 spiro atoms. The van der Waals surface area contributed by atoms with Crippen molar-refractivity contribution in [3.63, 3.8) is 0 Å². The van der Waals surface area contributed by atoms with Gasteiger partial charge in [0.25, 0.3) is 5.91 Å². The SMILES string of the molecule is CS(=O)(=O)c1ccc(S(=O)(=O)C(CCC(=O)ON)C(=O)NO)cc1. The largest absolute Gasteiger partial charge is 0.373 e. The van der Waals surface area contributed by atoms with E-state index >= 15 is 0 Å². The van der Waals surface area contributed by atoms with E-state index in [-0.39, 0.29) is 9.79 Å². The number of sulfone groups is 2. The summed E-state index contributed by atoms with van der Waals surface area (Å²) >= 11 is 0. The minimum atomic E-state index is -4.29. The van der Waals surface area contributed by atoms with Crippen LogP contribution in [0.4, 0.5) is 0 Å². The van der Waals surface area contributed by atoms with Crippen molar-refractivity contribution in [1.29, 1.82) is 0 Å². The molecule has 0 aliphatic heterocycles.